The maximum absolute atomic E-state index is 11.9. The number of nitrogens with two attached hydrogens (primary N) is 1. The zero-order valence-corrected chi connectivity index (χ0v) is 12.8. The van der Waals surface area contributed by atoms with Gasteiger partial charge in [0.25, 0.3) is 5.56 Å². The van der Waals surface area contributed by atoms with Gasteiger partial charge >= 0.3 is 0 Å². The summed E-state index contributed by atoms with van der Waals surface area (Å²) in [6.07, 6.45) is 2.47. The summed E-state index contributed by atoms with van der Waals surface area (Å²) >= 11 is 5.84. The maximum atomic E-state index is 11.9. The summed E-state index contributed by atoms with van der Waals surface area (Å²) in [5, 5.41) is 3.32. The normalized spacial score (nSPS) is 10.5. The SMILES string of the molecule is NCc1ccc(NC(=O)CCCn2cc(Cl)ccc2=O)cc1. The molecule has 1 aromatic heterocycles. The van der Waals surface area contributed by atoms with Crippen molar-refractivity contribution >= 4 is 23.2 Å². The Hall–Kier alpha value is -2.11. The predicted octanol–water partition coefficient (Wildman–Crippen LogP) is 2.38. The predicted molar refractivity (Wildman–Crippen MR) is 87.9 cm³/mol. The molecule has 5 nitrogen and oxygen atoms in total. The number of carbonyl (C=O) groups excluding carboxylic acids is 1. The van der Waals surface area contributed by atoms with Crippen LogP contribution in [-0.4, -0.2) is 10.5 Å². The van der Waals surface area contributed by atoms with E-state index >= 15 is 0 Å². The number of aryl methyl sites for hydroxylation is 1. The number of amides is 1. The Morgan fingerprint density at radius 3 is 2.59 bits per heavy atom. The van der Waals surface area contributed by atoms with Crippen LogP contribution in [0.4, 0.5) is 5.69 Å². The molecule has 116 valence electrons. The number of nitrogens with one attached hydrogen (secondary N) is 1. The van der Waals surface area contributed by atoms with Gasteiger partial charge in [0.15, 0.2) is 0 Å². The standard InChI is InChI=1S/C16H18ClN3O2/c17-13-5-8-16(22)20(11-13)9-1-2-15(21)19-14-6-3-12(10-18)4-7-14/h3-8,11H,1-2,9-10,18H2,(H,19,21). The topological polar surface area (TPSA) is 77.1 Å². The van der Waals surface area contributed by atoms with E-state index in [0.29, 0.717) is 31.0 Å². The number of aromatic nitrogens is 1. The number of anilines is 1. The Bertz CT molecular complexity index is 695. The Labute approximate surface area is 133 Å². The molecule has 0 atom stereocenters. The lowest BCUT2D eigenvalue weighted by atomic mass is 10.2. The van der Waals surface area contributed by atoms with E-state index in [9.17, 15) is 9.59 Å². The van der Waals surface area contributed by atoms with Gasteiger partial charge in [-0.05, 0) is 30.2 Å². The van der Waals surface area contributed by atoms with E-state index in [4.69, 9.17) is 17.3 Å². The zero-order chi connectivity index (χ0) is 15.9. The molecule has 0 aliphatic carbocycles. The first-order valence-corrected chi connectivity index (χ1v) is 7.41. The molecule has 2 aromatic rings. The van der Waals surface area contributed by atoms with E-state index in [1.165, 1.54) is 10.6 Å². The van der Waals surface area contributed by atoms with Crippen molar-refractivity contribution < 1.29 is 4.79 Å². The third kappa shape index (κ3) is 4.72. The zero-order valence-electron chi connectivity index (χ0n) is 12.1. The van der Waals surface area contributed by atoms with Gasteiger partial charge in [-0.15, -0.1) is 0 Å². The molecule has 1 heterocycles. The molecule has 6 heteroatoms. The van der Waals surface area contributed by atoms with Crippen LogP contribution in [0.1, 0.15) is 18.4 Å². The average Bonchev–Trinajstić information content (AvgIpc) is 2.51. The molecule has 0 radical (unpaired) electrons. The first kappa shape index (κ1) is 16.3. The minimum absolute atomic E-state index is 0.0874. The molecule has 0 spiro atoms. The summed E-state index contributed by atoms with van der Waals surface area (Å²) in [7, 11) is 0. The van der Waals surface area contributed by atoms with Gasteiger partial charge < -0.3 is 15.6 Å². The Morgan fingerprint density at radius 1 is 1.18 bits per heavy atom. The van der Waals surface area contributed by atoms with Gasteiger partial charge in [0, 0.05) is 37.5 Å². The second-order valence-electron chi connectivity index (χ2n) is 4.93. The van der Waals surface area contributed by atoms with Crippen LogP contribution in [0.3, 0.4) is 0 Å². The average molecular weight is 320 g/mol. The second-order valence-corrected chi connectivity index (χ2v) is 5.37. The van der Waals surface area contributed by atoms with Gasteiger partial charge in [-0.25, -0.2) is 0 Å². The fraction of sp³-hybridized carbons (Fsp3) is 0.250. The van der Waals surface area contributed by atoms with Gasteiger partial charge in [-0.1, -0.05) is 23.7 Å². The minimum atomic E-state index is -0.123. The van der Waals surface area contributed by atoms with Crippen LogP contribution in [0.5, 0.6) is 0 Å². The van der Waals surface area contributed by atoms with Gasteiger partial charge in [0.05, 0.1) is 5.02 Å². The molecule has 0 bridgehead atoms. The lowest BCUT2D eigenvalue weighted by molar-refractivity contribution is -0.116. The lowest BCUT2D eigenvalue weighted by Gasteiger charge is -2.07. The van der Waals surface area contributed by atoms with Gasteiger partial charge in [0.1, 0.15) is 0 Å². The number of hydrogen-bond donors (Lipinski definition) is 2. The first-order chi connectivity index (χ1) is 10.6. The highest BCUT2D eigenvalue weighted by Gasteiger charge is 2.04. The molecule has 22 heavy (non-hydrogen) atoms. The highest BCUT2D eigenvalue weighted by Crippen LogP contribution is 2.10. The number of halogens is 1. The van der Waals surface area contributed by atoms with Crippen molar-refractivity contribution in [3.63, 3.8) is 0 Å². The molecule has 0 saturated carbocycles. The molecule has 1 amide bonds. The third-order valence-corrected chi connectivity index (χ3v) is 3.45. The van der Waals surface area contributed by atoms with E-state index in [-0.39, 0.29) is 11.5 Å². The van der Waals surface area contributed by atoms with Crippen LogP contribution in [0.15, 0.2) is 47.4 Å². The smallest absolute Gasteiger partial charge is 0.250 e. The molecule has 1 aromatic carbocycles. The van der Waals surface area contributed by atoms with Crippen molar-refractivity contribution in [2.75, 3.05) is 5.32 Å². The van der Waals surface area contributed by atoms with Gasteiger partial charge in [-0.3, -0.25) is 9.59 Å². The highest BCUT2D eigenvalue weighted by molar-refractivity contribution is 6.30. The van der Waals surface area contributed by atoms with Crippen LogP contribution in [0.25, 0.3) is 0 Å². The van der Waals surface area contributed by atoms with Crippen molar-refractivity contribution in [1.29, 1.82) is 0 Å². The van der Waals surface area contributed by atoms with Crippen LogP contribution in [0.2, 0.25) is 5.02 Å². The molecular formula is C16H18ClN3O2. The monoisotopic (exact) mass is 319 g/mol. The van der Waals surface area contributed by atoms with Crippen LogP contribution >= 0.6 is 11.6 Å². The van der Waals surface area contributed by atoms with Gasteiger partial charge in [0.2, 0.25) is 5.91 Å². The Balaban J connectivity index is 1.82. The molecular weight excluding hydrogens is 302 g/mol. The summed E-state index contributed by atoms with van der Waals surface area (Å²) in [5.74, 6) is -0.0874. The molecule has 0 aliphatic heterocycles. The number of pyridine rings is 1. The molecule has 0 fully saturated rings. The van der Waals surface area contributed by atoms with E-state index in [0.717, 1.165) is 11.3 Å². The van der Waals surface area contributed by atoms with E-state index in [2.05, 4.69) is 5.32 Å². The van der Waals surface area contributed by atoms with Crippen LogP contribution in [-0.2, 0) is 17.9 Å². The third-order valence-electron chi connectivity index (χ3n) is 3.22. The van der Waals surface area contributed by atoms with E-state index in [1.54, 1.807) is 12.3 Å². The molecule has 2 rings (SSSR count). The summed E-state index contributed by atoms with van der Waals surface area (Å²) in [6, 6.07) is 10.4. The molecule has 0 unspecified atom stereocenters. The molecule has 3 N–H and O–H groups in total. The van der Waals surface area contributed by atoms with Crippen LogP contribution < -0.4 is 16.6 Å². The largest absolute Gasteiger partial charge is 0.326 e. The summed E-state index contributed by atoms with van der Waals surface area (Å²) in [6.45, 7) is 0.932. The van der Waals surface area contributed by atoms with Crippen molar-refractivity contribution in [3.8, 4) is 0 Å². The fourth-order valence-electron chi connectivity index (χ4n) is 2.03. The second kappa shape index (κ2) is 7.77. The fourth-order valence-corrected chi connectivity index (χ4v) is 2.22. The summed E-state index contributed by atoms with van der Waals surface area (Å²) in [5.41, 5.74) is 7.15. The van der Waals surface area contributed by atoms with Crippen molar-refractivity contribution in [2.24, 2.45) is 5.73 Å². The van der Waals surface area contributed by atoms with Crippen molar-refractivity contribution in [1.82, 2.24) is 4.57 Å². The Morgan fingerprint density at radius 2 is 1.91 bits per heavy atom. The van der Waals surface area contributed by atoms with Crippen molar-refractivity contribution in [3.05, 3.63) is 63.5 Å². The highest BCUT2D eigenvalue weighted by atomic mass is 35.5. The maximum Gasteiger partial charge on any atom is 0.250 e. The van der Waals surface area contributed by atoms with E-state index in [1.807, 2.05) is 24.3 Å². The lowest BCUT2D eigenvalue weighted by Crippen LogP contribution is -2.19. The molecule has 0 saturated heterocycles. The van der Waals surface area contributed by atoms with Gasteiger partial charge in [-0.2, -0.15) is 0 Å². The summed E-state index contributed by atoms with van der Waals surface area (Å²) in [4.78, 5) is 23.5. The van der Waals surface area contributed by atoms with E-state index < -0.39 is 0 Å². The number of rotatable bonds is 6. The summed E-state index contributed by atoms with van der Waals surface area (Å²) < 4.78 is 1.51. The van der Waals surface area contributed by atoms with Crippen molar-refractivity contribution in [2.45, 2.75) is 25.9 Å². The Kier molecular flexibility index (Phi) is 5.75. The van der Waals surface area contributed by atoms with Crippen LogP contribution in [0, 0.1) is 0 Å². The quantitative estimate of drug-likeness (QED) is 0.858. The number of hydrogen-bond acceptors (Lipinski definition) is 3. The minimum Gasteiger partial charge on any atom is -0.326 e. The number of benzene rings is 1. The molecule has 0 aliphatic rings. The number of carbonyl (C=O) groups is 1. The number of nitrogens with zero attached hydrogens (tertiary/aromatic N) is 1. The first-order valence-electron chi connectivity index (χ1n) is 7.03.